The largest absolute Gasteiger partial charge is 0.282 e. The third kappa shape index (κ3) is 1.72. The molecule has 1 aliphatic heterocycles. The number of hydrazine groups is 1. The van der Waals surface area contributed by atoms with Crippen molar-refractivity contribution in [2.75, 3.05) is 18.6 Å². The van der Waals surface area contributed by atoms with Gasteiger partial charge in [-0.15, -0.1) is 0 Å². The number of amides is 1. The van der Waals surface area contributed by atoms with E-state index >= 15 is 0 Å². The van der Waals surface area contributed by atoms with Crippen molar-refractivity contribution in [2.45, 2.75) is 12.8 Å². The Morgan fingerprint density at radius 1 is 1.44 bits per heavy atom. The average molecular weight is 215 g/mol. The highest BCUT2D eigenvalue weighted by Gasteiger charge is 2.26. The Kier molecular flexibility index (Phi) is 2.78. The molecule has 0 saturated carbocycles. The van der Waals surface area contributed by atoms with Gasteiger partial charge in [0, 0.05) is 20.0 Å². The van der Waals surface area contributed by atoms with Crippen molar-refractivity contribution in [1.82, 2.24) is 5.01 Å². The maximum atomic E-state index is 11.4. The quantitative estimate of drug-likeness (QED) is 0.747. The van der Waals surface area contributed by atoms with Crippen LogP contribution in [0.25, 0.3) is 0 Å². The number of hydrogen-bond donors (Lipinski definition) is 0. The highest BCUT2D eigenvalue weighted by atomic mass is 16.2. The molecule has 2 rings (SSSR count). The molecule has 0 spiro atoms. The highest BCUT2D eigenvalue weighted by Crippen LogP contribution is 2.25. The summed E-state index contributed by atoms with van der Waals surface area (Å²) in [7, 11) is 1.76. The first-order valence-corrected chi connectivity index (χ1v) is 5.23. The number of nitriles is 1. The SMILES string of the molecule is CN1C(=O)CCN1c1ccccc1CC#N. The summed E-state index contributed by atoms with van der Waals surface area (Å²) in [6.45, 7) is 0.692. The van der Waals surface area contributed by atoms with Gasteiger partial charge in [-0.05, 0) is 11.6 Å². The van der Waals surface area contributed by atoms with Crippen LogP contribution in [0.15, 0.2) is 24.3 Å². The highest BCUT2D eigenvalue weighted by molar-refractivity contribution is 5.81. The van der Waals surface area contributed by atoms with E-state index in [1.165, 1.54) is 0 Å². The molecule has 0 atom stereocenters. The second-order valence-electron chi connectivity index (χ2n) is 3.75. The minimum Gasteiger partial charge on any atom is -0.282 e. The number of rotatable bonds is 2. The van der Waals surface area contributed by atoms with Crippen LogP contribution < -0.4 is 5.01 Å². The lowest BCUT2D eigenvalue weighted by atomic mass is 10.1. The van der Waals surface area contributed by atoms with Gasteiger partial charge < -0.3 is 0 Å². The summed E-state index contributed by atoms with van der Waals surface area (Å²) in [5.41, 5.74) is 1.92. The normalized spacial score (nSPS) is 15.4. The molecule has 4 nitrogen and oxygen atoms in total. The summed E-state index contributed by atoms with van der Waals surface area (Å²) in [6, 6.07) is 9.85. The molecule has 1 heterocycles. The number of carbonyl (C=O) groups excluding carboxylic acids is 1. The van der Waals surface area contributed by atoms with Gasteiger partial charge in [0.2, 0.25) is 5.91 Å². The summed E-state index contributed by atoms with van der Waals surface area (Å²) >= 11 is 0. The van der Waals surface area contributed by atoms with Crippen LogP contribution in [0.3, 0.4) is 0 Å². The van der Waals surface area contributed by atoms with Crippen molar-refractivity contribution < 1.29 is 4.79 Å². The van der Waals surface area contributed by atoms with Gasteiger partial charge in [-0.3, -0.25) is 14.8 Å². The molecule has 1 aliphatic rings. The lowest BCUT2D eigenvalue weighted by Gasteiger charge is -2.27. The Hall–Kier alpha value is -2.02. The van der Waals surface area contributed by atoms with Crippen LogP contribution in [0, 0.1) is 11.3 Å². The summed E-state index contributed by atoms with van der Waals surface area (Å²) in [4.78, 5) is 11.4. The second-order valence-corrected chi connectivity index (χ2v) is 3.75. The molecule has 1 amide bonds. The predicted molar refractivity (Wildman–Crippen MR) is 60.5 cm³/mol. The van der Waals surface area contributed by atoms with Crippen molar-refractivity contribution >= 4 is 11.6 Å². The van der Waals surface area contributed by atoms with Gasteiger partial charge >= 0.3 is 0 Å². The number of carbonyl (C=O) groups is 1. The third-order valence-electron chi connectivity index (χ3n) is 2.80. The Balaban J connectivity index is 2.33. The molecule has 1 aromatic carbocycles. The van der Waals surface area contributed by atoms with Crippen molar-refractivity contribution in [3.05, 3.63) is 29.8 Å². The molecular weight excluding hydrogens is 202 g/mol. The van der Waals surface area contributed by atoms with Gasteiger partial charge in [0.25, 0.3) is 0 Å². The number of para-hydroxylation sites is 1. The van der Waals surface area contributed by atoms with E-state index in [1.807, 2.05) is 29.3 Å². The molecule has 0 aliphatic carbocycles. The predicted octanol–water partition coefficient (Wildman–Crippen LogP) is 1.34. The van der Waals surface area contributed by atoms with Crippen LogP contribution >= 0.6 is 0 Å². The van der Waals surface area contributed by atoms with Gasteiger partial charge in [-0.25, -0.2) is 0 Å². The van der Waals surface area contributed by atoms with E-state index in [-0.39, 0.29) is 5.91 Å². The first kappa shape index (κ1) is 10.5. The maximum Gasteiger partial charge on any atom is 0.242 e. The van der Waals surface area contributed by atoms with Crippen LogP contribution in [0.5, 0.6) is 0 Å². The standard InChI is InChI=1S/C12H13N3O/c1-14-12(16)7-9-15(14)11-5-3-2-4-10(11)6-8-13/h2-5H,6-7,9H2,1H3. The van der Waals surface area contributed by atoms with Gasteiger partial charge in [0.15, 0.2) is 0 Å². The van der Waals surface area contributed by atoms with Crippen LogP contribution in [-0.2, 0) is 11.2 Å². The van der Waals surface area contributed by atoms with Crippen LogP contribution in [0.1, 0.15) is 12.0 Å². The molecule has 1 saturated heterocycles. The Labute approximate surface area is 94.7 Å². The smallest absolute Gasteiger partial charge is 0.242 e. The van der Waals surface area contributed by atoms with E-state index in [4.69, 9.17) is 5.26 Å². The number of hydrogen-bond acceptors (Lipinski definition) is 3. The Bertz CT molecular complexity index is 450. The fourth-order valence-electron chi connectivity index (χ4n) is 1.93. The van der Waals surface area contributed by atoms with E-state index in [1.54, 1.807) is 12.1 Å². The first-order valence-electron chi connectivity index (χ1n) is 5.23. The van der Waals surface area contributed by atoms with E-state index in [0.717, 1.165) is 11.3 Å². The molecule has 0 unspecified atom stereocenters. The molecular formula is C12H13N3O. The van der Waals surface area contributed by atoms with Crippen LogP contribution in [0.4, 0.5) is 5.69 Å². The molecule has 1 fully saturated rings. The molecule has 0 aromatic heterocycles. The minimum absolute atomic E-state index is 0.117. The molecule has 4 heteroatoms. The zero-order valence-corrected chi connectivity index (χ0v) is 9.18. The van der Waals surface area contributed by atoms with E-state index < -0.39 is 0 Å². The van der Waals surface area contributed by atoms with E-state index in [0.29, 0.717) is 19.4 Å². The van der Waals surface area contributed by atoms with Crippen molar-refractivity contribution in [1.29, 1.82) is 5.26 Å². The van der Waals surface area contributed by atoms with Crippen LogP contribution in [0.2, 0.25) is 0 Å². The fourth-order valence-corrected chi connectivity index (χ4v) is 1.93. The topological polar surface area (TPSA) is 47.3 Å². The summed E-state index contributed by atoms with van der Waals surface area (Å²) < 4.78 is 0. The van der Waals surface area contributed by atoms with Gasteiger partial charge in [-0.2, -0.15) is 5.26 Å². The van der Waals surface area contributed by atoms with Crippen molar-refractivity contribution in [2.24, 2.45) is 0 Å². The maximum absolute atomic E-state index is 11.4. The fraction of sp³-hybridized carbons (Fsp3) is 0.333. The number of nitrogens with zero attached hydrogens (tertiary/aromatic N) is 3. The summed E-state index contributed by atoms with van der Waals surface area (Å²) in [5, 5.41) is 12.3. The minimum atomic E-state index is 0.117. The zero-order valence-electron chi connectivity index (χ0n) is 9.18. The van der Waals surface area contributed by atoms with Crippen molar-refractivity contribution in [3.63, 3.8) is 0 Å². The average Bonchev–Trinajstić information content (AvgIpc) is 2.61. The molecule has 1 aromatic rings. The van der Waals surface area contributed by atoms with Gasteiger partial charge in [-0.1, -0.05) is 18.2 Å². The Morgan fingerprint density at radius 2 is 2.19 bits per heavy atom. The zero-order chi connectivity index (χ0) is 11.5. The molecule has 16 heavy (non-hydrogen) atoms. The number of anilines is 1. The second kappa shape index (κ2) is 4.23. The molecule has 82 valence electrons. The number of benzene rings is 1. The van der Waals surface area contributed by atoms with Crippen LogP contribution in [-0.4, -0.2) is 24.5 Å². The Morgan fingerprint density at radius 3 is 2.81 bits per heavy atom. The first-order chi connectivity index (χ1) is 7.74. The van der Waals surface area contributed by atoms with Gasteiger partial charge in [0.05, 0.1) is 18.2 Å². The van der Waals surface area contributed by atoms with E-state index in [2.05, 4.69) is 6.07 Å². The van der Waals surface area contributed by atoms with Gasteiger partial charge in [0.1, 0.15) is 0 Å². The summed E-state index contributed by atoms with van der Waals surface area (Å²) in [5.74, 6) is 0.117. The van der Waals surface area contributed by atoms with E-state index in [9.17, 15) is 4.79 Å². The third-order valence-corrected chi connectivity index (χ3v) is 2.80. The lowest BCUT2D eigenvalue weighted by Crippen LogP contribution is -2.36. The lowest BCUT2D eigenvalue weighted by molar-refractivity contribution is -0.126. The monoisotopic (exact) mass is 215 g/mol. The molecule has 0 bridgehead atoms. The molecule has 0 radical (unpaired) electrons. The summed E-state index contributed by atoms with van der Waals surface area (Å²) in [6.07, 6.45) is 0.909. The van der Waals surface area contributed by atoms with Crippen molar-refractivity contribution in [3.8, 4) is 6.07 Å². The molecule has 0 N–H and O–H groups in total.